The average Bonchev–Trinajstić information content (AvgIpc) is 2.28. The Morgan fingerprint density at radius 3 is 2.76 bits per heavy atom. The number of rotatable bonds is 4. The Morgan fingerprint density at radius 2 is 2.24 bits per heavy atom. The van der Waals surface area contributed by atoms with Crippen molar-refractivity contribution in [1.82, 2.24) is 4.98 Å². The van der Waals surface area contributed by atoms with Crippen LogP contribution in [0.5, 0.6) is 0 Å². The summed E-state index contributed by atoms with van der Waals surface area (Å²) in [6, 6.07) is 1.83. The summed E-state index contributed by atoms with van der Waals surface area (Å²) in [5.74, 6) is 0.191. The third-order valence-electron chi connectivity index (χ3n) is 2.57. The molecule has 0 aliphatic carbocycles. The Morgan fingerprint density at radius 1 is 1.59 bits per heavy atom. The lowest BCUT2D eigenvalue weighted by atomic mass is 10.2. The third-order valence-corrected chi connectivity index (χ3v) is 2.57. The van der Waals surface area contributed by atoms with Crippen LogP contribution in [0.2, 0.25) is 0 Å². The molecule has 0 amide bonds. The molecule has 1 rings (SSSR count). The van der Waals surface area contributed by atoms with Crippen LogP contribution >= 0.6 is 0 Å². The second-order valence-electron chi connectivity index (χ2n) is 4.02. The molecule has 0 unspecified atom stereocenters. The molecule has 0 radical (unpaired) electrons. The van der Waals surface area contributed by atoms with Gasteiger partial charge in [0, 0.05) is 19.3 Å². The molecule has 0 aromatic carbocycles. The normalized spacial score (nSPS) is 10.4. The van der Waals surface area contributed by atoms with Crippen molar-refractivity contribution in [1.29, 1.82) is 0 Å². The van der Waals surface area contributed by atoms with E-state index in [0.717, 1.165) is 0 Å². The molecule has 94 valence electrons. The molecule has 0 atom stereocenters. The van der Waals surface area contributed by atoms with E-state index < -0.39 is 5.97 Å². The predicted molar refractivity (Wildman–Crippen MR) is 68.1 cm³/mol. The van der Waals surface area contributed by atoms with Crippen LogP contribution < -0.4 is 10.6 Å². The zero-order valence-electron chi connectivity index (χ0n) is 10.7. The highest BCUT2D eigenvalue weighted by atomic mass is 16.5. The predicted octanol–water partition coefficient (Wildman–Crippen LogP) is 1.69. The number of hydrogen-bond acceptors (Lipinski definition) is 5. The van der Waals surface area contributed by atoms with Crippen molar-refractivity contribution < 1.29 is 9.53 Å². The van der Waals surface area contributed by atoms with Crippen LogP contribution in [0.25, 0.3) is 0 Å². The molecule has 1 heterocycles. The minimum Gasteiger partial charge on any atom is -0.462 e. The summed E-state index contributed by atoms with van der Waals surface area (Å²) in [6.45, 7) is 6.14. The molecule has 0 bridgehead atoms. The van der Waals surface area contributed by atoms with Crippen molar-refractivity contribution >= 4 is 17.5 Å². The van der Waals surface area contributed by atoms with Gasteiger partial charge < -0.3 is 15.4 Å². The minimum absolute atomic E-state index is 0.252. The van der Waals surface area contributed by atoms with E-state index in [4.69, 9.17) is 10.5 Å². The molecule has 0 aliphatic rings. The first-order chi connectivity index (χ1) is 7.99. The Hall–Kier alpha value is -1.78. The molecular weight excluding hydrogens is 218 g/mol. The summed E-state index contributed by atoms with van der Waals surface area (Å²) < 4.78 is 4.94. The van der Waals surface area contributed by atoms with Gasteiger partial charge >= 0.3 is 5.97 Å². The zero-order valence-corrected chi connectivity index (χ0v) is 10.7. The minimum atomic E-state index is -0.411. The van der Waals surface area contributed by atoms with Gasteiger partial charge in [0.25, 0.3) is 0 Å². The largest absolute Gasteiger partial charge is 0.462 e. The van der Waals surface area contributed by atoms with Gasteiger partial charge in [0.05, 0.1) is 17.9 Å². The molecule has 17 heavy (non-hydrogen) atoms. The molecule has 5 heteroatoms. The van der Waals surface area contributed by atoms with E-state index in [1.807, 2.05) is 25.8 Å². The molecular formula is C12H19N3O2. The lowest BCUT2D eigenvalue weighted by molar-refractivity contribution is 0.0527. The number of nitrogens with two attached hydrogens (primary N) is 1. The molecule has 0 fully saturated rings. The maximum absolute atomic E-state index is 11.7. The summed E-state index contributed by atoms with van der Waals surface area (Å²) in [7, 11) is 1.89. The molecule has 0 spiro atoms. The molecule has 1 aromatic heterocycles. The van der Waals surface area contributed by atoms with Gasteiger partial charge in [0.15, 0.2) is 5.82 Å². The van der Waals surface area contributed by atoms with E-state index in [-0.39, 0.29) is 6.04 Å². The van der Waals surface area contributed by atoms with Crippen LogP contribution in [0.1, 0.15) is 31.1 Å². The lowest BCUT2D eigenvalue weighted by Crippen LogP contribution is -2.28. The highest BCUT2D eigenvalue weighted by molar-refractivity contribution is 5.97. The number of carbonyl (C=O) groups is 1. The Labute approximate surface area is 102 Å². The van der Waals surface area contributed by atoms with Crippen LogP contribution in [0, 0.1) is 0 Å². The van der Waals surface area contributed by atoms with Gasteiger partial charge in [-0.05, 0) is 26.8 Å². The second kappa shape index (κ2) is 5.52. The van der Waals surface area contributed by atoms with Crippen molar-refractivity contribution in [3.8, 4) is 0 Å². The number of nitrogens with zero attached hydrogens (tertiary/aromatic N) is 2. The molecule has 0 aliphatic heterocycles. The third kappa shape index (κ3) is 2.87. The Bertz CT molecular complexity index is 405. The molecule has 0 saturated carbocycles. The maximum Gasteiger partial charge on any atom is 0.340 e. The van der Waals surface area contributed by atoms with Crippen LogP contribution in [-0.2, 0) is 4.74 Å². The summed E-state index contributed by atoms with van der Waals surface area (Å²) in [4.78, 5) is 17.8. The topological polar surface area (TPSA) is 68.5 Å². The van der Waals surface area contributed by atoms with Crippen LogP contribution in [0.3, 0.4) is 0 Å². The molecule has 2 N–H and O–H groups in total. The van der Waals surface area contributed by atoms with Crippen molar-refractivity contribution in [2.24, 2.45) is 0 Å². The van der Waals surface area contributed by atoms with E-state index in [0.29, 0.717) is 23.7 Å². The fraction of sp³-hybridized carbons (Fsp3) is 0.500. The highest BCUT2D eigenvalue weighted by Crippen LogP contribution is 2.24. The van der Waals surface area contributed by atoms with E-state index in [9.17, 15) is 4.79 Å². The second-order valence-corrected chi connectivity index (χ2v) is 4.02. The Balaban J connectivity index is 3.11. The summed E-state index contributed by atoms with van der Waals surface area (Å²) in [5.41, 5.74) is 6.68. The SMILES string of the molecule is CCOC(=O)c1ccnc(N(C)C(C)C)c1N. The van der Waals surface area contributed by atoms with Crippen LogP contribution in [0.15, 0.2) is 12.3 Å². The maximum atomic E-state index is 11.7. The first-order valence-corrected chi connectivity index (χ1v) is 5.63. The van der Waals surface area contributed by atoms with Crippen LogP contribution in [-0.4, -0.2) is 30.6 Å². The van der Waals surface area contributed by atoms with Gasteiger partial charge in [0.2, 0.25) is 0 Å². The summed E-state index contributed by atoms with van der Waals surface area (Å²) in [6.07, 6.45) is 1.57. The first-order valence-electron chi connectivity index (χ1n) is 5.63. The molecule has 5 nitrogen and oxygen atoms in total. The van der Waals surface area contributed by atoms with Crippen molar-refractivity contribution in [2.45, 2.75) is 26.8 Å². The number of hydrogen-bond donors (Lipinski definition) is 1. The van der Waals surface area contributed by atoms with Crippen molar-refractivity contribution in [3.05, 3.63) is 17.8 Å². The fourth-order valence-electron chi connectivity index (χ4n) is 1.37. The van der Waals surface area contributed by atoms with Gasteiger partial charge in [-0.15, -0.1) is 0 Å². The number of aromatic nitrogens is 1. The van der Waals surface area contributed by atoms with E-state index in [2.05, 4.69) is 4.98 Å². The quantitative estimate of drug-likeness (QED) is 0.807. The first kappa shape index (κ1) is 13.3. The van der Waals surface area contributed by atoms with Gasteiger partial charge in [-0.2, -0.15) is 0 Å². The zero-order chi connectivity index (χ0) is 13.0. The number of nitrogen functional groups attached to an aromatic ring is 1. The molecule has 0 saturated heterocycles. The van der Waals surface area contributed by atoms with E-state index in [1.165, 1.54) is 0 Å². The molecule has 1 aromatic rings. The van der Waals surface area contributed by atoms with E-state index >= 15 is 0 Å². The average molecular weight is 237 g/mol. The number of pyridine rings is 1. The smallest absolute Gasteiger partial charge is 0.340 e. The van der Waals surface area contributed by atoms with Crippen molar-refractivity contribution in [2.75, 3.05) is 24.3 Å². The number of anilines is 2. The van der Waals surface area contributed by atoms with Crippen LogP contribution in [0.4, 0.5) is 11.5 Å². The monoisotopic (exact) mass is 237 g/mol. The highest BCUT2D eigenvalue weighted by Gasteiger charge is 2.17. The Kier molecular flexibility index (Phi) is 4.31. The van der Waals surface area contributed by atoms with Gasteiger partial charge in [-0.25, -0.2) is 9.78 Å². The van der Waals surface area contributed by atoms with E-state index in [1.54, 1.807) is 19.2 Å². The van der Waals surface area contributed by atoms with Gasteiger partial charge in [-0.3, -0.25) is 0 Å². The van der Waals surface area contributed by atoms with Gasteiger partial charge in [-0.1, -0.05) is 0 Å². The fourth-order valence-corrected chi connectivity index (χ4v) is 1.37. The summed E-state index contributed by atoms with van der Waals surface area (Å²) in [5, 5.41) is 0. The number of carbonyl (C=O) groups excluding carboxylic acids is 1. The standard InChI is InChI=1S/C12H19N3O2/c1-5-17-12(16)9-6-7-14-11(10(9)13)15(4)8(2)3/h6-8H,5,13H2,1-4H3. The number of ether oxygens (including phenoxy) is 1. The van der Waals surface area contributed by atoms with Gasteiger partial charge in [0.1, 0.15) is 0 Å². The lowest BCUT2D eigenvalue weighted by Gasteiger charge is -2.24. The van der Waals surface area contributed by atoms with Crippen molar-refractivity contribution in [3.63, 3.8) is 0 Å². The summed E-state index contributed by atoms with van der Waals surface area (Å²) >= 11 is 0. The number of esters is 1.